The van der Waals surface area contributed by atoms with Gasteiger partial charge in [0.1, 0.15) is 0 Å². The van der Waals surface area contributed by atoms with Crippen molar-refractivity contribution in [2.75, 3.05) is 12.1 Å². The monoisotopic (exact) mass is 401 g/mol. The Kier molecular flexibility index (Phi) is 3.71. The van der Waals surface area contributed by atoms with Crippen LogP contribution in [0, 0.1) is 3.57 Å². The first-order valence-electron chi connectivity index (χ1n) is 5.79. The Balaban J connectivity index is 1.86. The van der Waals surface area contributed by atoms with E-state index in [0.717, 1.165) is 9.26 Å². The quantitative estimate of drug-likeness (QED) is 0.776. The van der Waals surface area contributed by atoms with E-state index >= 15 is 0 Å². The van der Waals surface area contributed by atoms with Gasteiger partial charge in [0.05, 0.1) is 5.02 Å². The second kappa shape index (κ2) is 5.49. The summed E-state index contributed by atoms with van der Waals surface area (Å²) in [5.41, 5.74) is 1.16. The minimum absolute atomic E-state index is 0.122. The SMILES string of the molecule is O=C(Nc1cccc(I)c1)c1cc(Cl)c2c(c1)OCO2. The van der Waals surface area contributed by atoms with Crippen molar-refractivity contribution < 1.29 is 14.3 Å². The van der Waals surface area contributed by atoms with Crippen LogP contribution >= 0.6 is 34.2 Å². The number of halogens is 2. The first-order chi connectivity index (χ1) is 9.63. The maximum Gasteiger partial charge on any atom is 0.255 e. The first-order valence-corrected chi connectivity index (χ1v) is 7.25. The molecule has 2 aromatic carbocycles. The predicted octanol–water partition coefficient (Wildman–Crippen LogP) is 3.93. The van der Waals surface area contributed by atoms with Gasteiger partial charge in [-0.1, -0.05) is 17.7 Å². The lowest BCUT2D eigenvalue weighted by molar-refractivity contribution is 0.102. The summed E-state index contributed by atoms with van der Waals surface area (Å²) in [7, 11) is 0. The van der Waals surface area contributed by atoms with Crippen LogP contribution in [-0.4, -0.2) is 12.7 Å². The van der Waals surface area contributed by atoms with Crippen LogP contribution in [0.15, 0.2) is 36.4 Å². The van der Waals surface area contributed by atoms with Crippen LogP contribution in [0.2, 0.25) is 5.02 Å². The van der Waals surface area contributed by atoms with Gasteiger partial charge >= 0.3 is 0 Å². The summed E-state index contributed by atoms with van der Waals surface area (Å²) in [6, 6.07) is 10.7. The van der Waals surface area contributed by atoms with Crippen molar-refractivity contribution in [3.8, 4) is 11.5 Å². The second-order valence-corrected chi connectivity index (χ2v) is 5.81. The molecule has 102 valence electrons. The maximum absolute atomic E-state index is 12.2. The van der Waals surface area contributed by atoms with Crippen molar-refractivity contribution in [1.82, 2.24) is 0 Å². The van der Waals surface area contributed by atoms with Gasteiger partial charge in [0.25, 0.3) is 5.91 Å². The molecule has 0 aliphatic carbocycles. The smallest absolute Gasteiger partial charge is 0.255 e. The van der Waals surface area contributed by atoms with Gasteiger partial charge in [-0.05, 0) is 52.9 Å². The standard InChI is InChI=1S/C14H9ClINO3/c15-11-4-8(5-12-13(11)20-7-19-12)14(18)17-10-3-1-2-9(16)6-10/h1-6H,7H2,(H,17,18). The number of carbonyl (C=O) groups excluding carboxylic acids is 1. The number of fused-ring (bicyclic) bond motifs is 1. The van der Waals surface area contributed by atoms with Crippen molar-refractivity contribution in [2.45, 2.75) is 0 Å². The summed E-state index contributed by atoms with van der Waals surface area (Å²) < 4.78 is 11.5. The van der Waals surface area contributed by atoms with Gasteiger partial charge in [0.2, 0.25) is 6.79 Å². The van der Waals surface area contributed by atoms with Crippen molar-refractivity contribution in [3.05, 3.63) is 50.6 Å². The molecular formula is C14H9ClINO3. The number of hydrogen-bond acceptors (Lipinski definition) is 3. The van der Waals surface area contributed by atoms with Crippen LogP contribution in [0.3, 0.4) is 0 Å². The third-order valence-electron chi connectivity index (χ3n) is 2.77. The van der Waals surface area contributed by atoms with E-state index in [1.165, 1.54) is 0 Å². The largest absolute Gasteiger partial charge is 0.454 e. The molecule has 6 heteroatoms. The molecule has 0 spiro atoms. The summed E-state index contributed by atoms with van der Waals surface area (Å²) in [6.45, 7) is 0.122. The zero-order chi connectivity index (χ0) is 14.1. The molecule has 0 fully saturated rings. The fourth-order valence-electron chi connectivity index (χ4n) is 1.87. The average Bonchev–Trinajstić information content (AvgIpc) is 2.87. The predicted molar refractivity (Wildman–Crippen MR) is 84.7 cm³/mol. The fourth-order valence-corrected chi connectivity index (χ4v) is 2.68. The molecule has 20 heavy (non-hydrogen) atoms. The first kappa shape index (κ1) is 13.5. The third kappa shape index (κ3) is 2.69. The van der Waals surface area contributed by atoms with E-state index in [1.807, 2.05) is 24.3 Å². The Bertz CT molecular complexity index is 690. The number of benzene rings is 2. The van der Waals surface area contributed by atoms with Crippen LogP contribution in [-0.2, 0) is 0 Å². The zero-order valence-electron chi connectivity index (χ0n) is 10.2. The van der Waals surface area contributed by atoms with Crippen LogP contribution in [0.1, 0.15) is 10.4 Å². The molecule has 0 bridgehead atoms. The van der Waals surface area contributed by atoms with Crippen LogP contribution in [0.5, 0.6) is 11.5 Å². The Morgan fingerprint density at radius 3 is 2.90 bits per heavy atom. The molecule has 1 aliphatic heterocycles. The number of ether oxygens (including phenoxy) is 2. The molecule has 1 amide bonds. The highest BCUT2D eigenvalue weighted by Crippen LogP contribution is 2.39. The highest BCUT2D eigenvalue weighted by molar-refractivity contribution is 14.1. The van der Waals surface area contributed by atoms with Gasteiger partial charge < -0.3 is 14.8 Å². The molecule has 0 unspecified atom stereocenters. The topological polar surface area (TPSA) is 47.6 Å². The van der Waals surface area contributed by atoms with Gasteiger partial charge in [0, 0.05) is 14.8 Å². The number of anilines is 1. The van der Waals surface area contributed by atoms with Crippen LogP contribution in [0.25, 0.3) is 0 Å². The number of hydrogen-bond donors (Lipinski definition) is 1. The van der Waals surface area contributed by atoms with E-state index in [1.54, 1.807) is 12.1 Å². The van der Waals surface area contributed by atoms with Gasteiger partial charge in [-0.2, -0.15) is 0 Å². The summed E-state index contributed by atoms with van der Waals surface area (Å²) in [5, 5.41) is 3.19. The molecule has 0 aromatic heterocycles. The van der Waals surface area contributed by atoms with Crippen molar-refractivity contribution in [2.24, 2.45) is 0 Å². The molecule has 0 radical (unpaired) electrons. The van der Waals surface area contributed by atoms with E-state index in [0.29, 0.717) is 22.1 Å². The van der Waals surface area contributed by atoms with Crippen LogP contribution < -0.4 is 14.8 Å². The van der Waals surface area contributed by atoms with Crippen molar-refractivity contribution in [3.63, 3.8) is 0 Å². The molecule has 1 heterocycles. The second-order valence-electron chi connectivity index (χ2n) is 4.16. The summed E-state index contributed by atoms with van der Waals surface area (Å²) >= 11 is 8.25. The molecule has 1 aliphatic rings. The zero-order valence-corrected chi connectivity index (χ0v) is 13.1. The number of rotatable bonds is 2. The third-order valence-corrected chi connectivity index (χ3v) is 3.72. The van der Waals surface area contributed by atoms with E-state index in [4.69, 9.17) is 21.1 Å². The number of carbonyl (C=O) groups is 1. The highest BCUT2D eigenvalue weighted by Gasteiger charge is 2.20. The molecule has 3 rings (SSSR count). The van der Waals surface area contributed by atoms with Crippen molar-refractivity contribution >= 4 is 45.8 Å². The van der Waals surface area contributed by atoms with Gasteiger partial charge in [-0.15, -0.1) is 0 Å². The van der Waals surface area contributed by atoms with E-state index in [9.17, 15) is 4.79 Å². The van der Waals surface area contributed by atoms with Crippen molar-refractivity contribution in [1.29, 1.82) is 0 Å². The molecule has 0 atom stereocenters. The highest BCUT2D eigenvalue weighted by atomic mass is 127. The lowest BCUT2D eigenvalue weighted by Crippen LogP contribution is -2.11. The summed E-state index contributed by atoms with van der Waals surface area (Å²) in [5.74, 6) is 0.731. The lowest BCUT2D eigenvalue weighted by atomic mass is 10.2. The normalized spacial score (nSPS) is 12.3. The lowest BCUT2D eigenvalue weighted by Gasteiger charge is -2.07. The summed E-state index contributed by atoms with van der Waals surface area (Å²) in [4.78, 5) is 12.2. The van der Waals surface area contributed by atoms with Gasteiger partial charge in [0.15, 0.2) is 11.5 Å². The maximum atomic E-state index is 12.2. The Morgan fingerprint density at radius 2 is 2.10 bits per heavy atom. The molecule has 1 N–H and O–H groups in total. The van der Waals surface area contributed by atoms with E-state index in [-0.39, 0.29) is 12.7 Å². The van der Waals surface area contributed by atoms with Gasteiger partial charge in [-0.25, -0.2) is 0 Å². The molecule has 2 aromatic rings. The molecule has 4 nitrogen and oxygen atoms in total. The Hall–Kier alpha value is -1.47. The molecule has 0 saturated carbocycles. The van der Waals surface area contributed by atoms with Crippen LogP contribution in [0.4, 0.5) is 5.69 Å². The van der Waals surface area contributed by atoms with E-state index < -0.39 is 0 Å². The molecule has 0 saturated heterocycles. The Morgan fingerprint density at radius 1 is 1.25 bits per heavy atom. The average molecular weight is 402 g/mol. The Labute approximate surface area is 134 Å². The minimum atomic E-state index is -0.243. The minimum Gasteiger partial charge on any atom is -0.454 e. The van der Waals surface area contributed by atoms with E-state index in [2.05, 4.69) is 27.9 Å². The van der Waals surface area contributed by atoms with Gasteiger partial charge in [-0.3, -0.25) is 4.79 Å². The number of nitrogens with one attached hydrogen (secondary N) is 1. The fraction of sp³-hybridized carbons (Fsp3) is 0.0714. The summed E-state index contributed by atoms with van der Waals surface area (Å²) in [6.07, 6.45) is 0. The molecular weight excluding hydrogens is 393 g/mol. The number of amides is 1.